The molecule has 1 aromatic rings. The normalized spacial score (nSPS) is 16.1. The van der Waals surface area contributed by atoms with Gasteiger partial charge in [0.15, 0.2) is 0 Å². The molecule has 1 aromatic carbocycles. The van der Waals surface area contributed by atoms with E-state index in [0.29, 0.717) is 23.7 Å². The van der Waals surface area contributed by atoms with Crippen LogP contribution in [-0.2, 0) is 0 Å². The summed E-state index contributed by atoms with van der Waals surface area (Å²) in [6.07, 6.45) is 1.51. The first-order valence-electron chi connectivity index (χ1n) is 7.88. The minimum absolute atomic E-state index is 0.0443. The van der Waals surface area contributed by atoms with Gasteiger partial charge in [-0.3, -0.25) is 4.79 Å². The van der Waals surface area contributed by atoms with Gasteiger partial charge in [0.25, 0.3) is 5.91 Å². The van der Waals surface area contributed by atoms with Crippen LogP contribution in [0.25, 0.3) is 0 Å². The molecule has 0 unspecified atom stereocenters. The number of urea groups is 1. The summed E-state index contributed by atoms with van der Waals surface area (Å²) in [6, 6.07) is 6.94. The van der Waals surface area contributed by atoms with Crippen molar-refractivity contribution in [2.24, 2.45) is 0 Å². The average molecular weight is 338 g/mol. The molecule has 2 N–H and O–H groups in total. The van der Waals surface area contributed by atoms with Crippen LogP contribution >= 0.6 is 11.6 Å². The van der Waals surface area contributed by atoms with Crippen LogP contribution in [0.5, 0.6) is 0 Å². The maximum absolute atomic E-state index is 12.2. The third-order valence-electron chi connectivity index (χ3n) is 3.69. The van der Waals surface area contributed by atoms with Gasteiger partial charge < -0.3 is 15.5 Å². The summed E-state index contributed by atoms with van der Waals surface area (Å²) in [6.45, 7) is 7.17. The molecule has 1 saturated heterocycles. The number of benzene rings is 1. The molecule has 0 spiro atoms. The highest BCUT2D eigenvalue weighted by Crippen LogP contribution is 2.14. The maximum Gasteiger partial charge on any atom is 0.317 e. The molecule has 2 rings (SSSR count). The van der Waals surface area contributed by atoms with Crippen molar-refractivity contribution in [1.82, 2.24) is 15.5 Å². The molecule has 0 aromatic heterocycles. The Hall–Kier alpha value is -1.75. The van der Waals surface area contributed by atoms with E-state index in [2.05, 4.69) is 10.6 Å². The lowest BCUT2D eigenvalue weighted by Gasteiger charge is -2.34. The van der Waals surface area contributed by atoms with E-state index in [4.69, 9.17) is 11.6 Å². The van der Waals surface area contributed by atoms with E-state index in [1.165, 1.54) is 0 Å². The summed E-state index contributed by atoms with van der Waals surface area (Å²) in [5.41, 5.74) is 0.319. The Bertz CT molecular complexity index is 575. The molecule has 126 valence electrons. The standard InChI is InChI=1S/C17H24ClN3O2/c1-17(2,3)20-16(23)21-9-7-14(8-10-21)19-15(22)12-5-4-6-13(18)11-12/h4-6,11,14H,7-10H2,1-3H3,(H,19,22)(H,20,23). The van der Waals surface area contributed by atoms with E-state index in [-0.39, 0.29) is 23.5 Å². The zero-order valence-corrected chi connectivity index (χ0v) is 14.6. The van der Waals surface area contributed by atoms with Crippen LogP contribution in [0.1, 0.15) is 44.0 Å². The Morgan fingerprint density at radius 1 is 1.22 bits per heavy atom. The second-order valence-corrected chi connectivity index (χ2v) is 7.36. The Labute approximate surface area is 142 Å². The summed E-state index contributed by atoms with van der Waals surface area (Å²) in [4.78, 5) is 26.1. The topological polar surface area (TPSA) is 61.4 Å². The minimum atomic E-state index is -0.241. The quantitative estimate of drug-likeness (QED) is 0.871. The third kappa shape index (κ3) is 5.43. The van der Waals surface area contributed by atoms with Crippen LogP contribution in [-0.4, -0.2) is 41.5 Å². The molecule has 3 amide bonds. The lowest BCUT2D eigenvalue weighted by Crippen LogP contribution is -2.53. The molecular formula is C17H24ClN3O2. The molecule has 6 heteroatoms. The molecule has 0 saturated carbocycles. The lowest BCUT2D eigenvalue weighted by molar-refractivity contribution is 0.0917. The van der Waals surface area contributed by atoms with Crippen LogP contribution in [0, 0.1) is 0 Å². The Balaban J connectivity index is 1.83. The van der Waals surface area contributed by atoms with Gasteiger partial charge in [0.2, 0.25) is 0 Å². The SMILES string of the molecule is CC(C)(C)NC(=O)N1CCC(NC(=O)c2cccc(Cl)c2)CC1. The van der Waals surface area contributed by atoms with Crippen molar-refractivity contribution in [2.45, 2.75) is 45.2 Å². The van der Waals surface area contributed by atoms with Crippen molar-refractivity contribution in [1.29, 1.82) is 0 Å². The van der Waals surface area contributed by atoms with Crippen LogP contribution in [0.4, 0.5) is 4.79 Å². The molecule has 0 atom stereocenters. The second-order valence-electron chi connectivity index (χ2n) is 6.93. The van der Waals surface area contributed by atoms with Gasteiger partial charge in [-0.2, -0.15) is 0 Å². The monoisotopic (exact) mass is 337 g/mol. The molecular weight excluding hydrogens is 314 g/mol. The third-order valence-corrected chi connectivity index (χ3v) is 3.92. The van der Waals surface area contributed by atoms with Crippen LogP contribution in [0.3, 0.4) is 0 Å². The number of halogens is 1. The van der Waals surface area contributed by atoms with Crippen LogP contribution in [0.2, 0.25) is 5.02 Å². The van der Waals surface area contributed by atoms with E-state index in [1.54, 1.807) is 29.2 Å². The molecule has 5 nitrogen and oxygen atoms in total. The molecule has 23 heavy (non-hydrogen) atoms. The molecule has 1 heterocycles. The first kappa shape index (κ1) is 17.6. The summed E-state index contributed by atoms with van der Waals surface area (Å²) < 4.78 is 0. The lowest BCUT2D eigenvalue weighted by atomic mass is 10.0. The van der Waals surface area contributed by atoms with E-state index in [0.717, 1.165) is 12.8 Å². The molecule has 1 fully saturated rings. The van der Waals surface area contributed by atoms with Gasteiger partial charge in [0, 0.05) is 35.3 Å². The molecule has 1 aliphatic heterocycles. The predicted octanol–water partition coefficient (Wildman–Crippen LogP) is 3.04. The molecule has 1 aliphatic rings. The van der Waals surface area contributed by atoms with Crippen molar-refractivity contribution in [3.8, 4) is 0 Å². The zero-order chi connectivity index (χ0) is 17.0. The van der Waals surface area contributed by atoms with Crippen LogP contribution in [0.15, 0.2) is 24.3 Å². The number of hydrogen-bond donors (Lipinski definition) is 2. The highest BCUT2D eigenvalue weighted by atomic mass is 35.5. The fraction of sp³-hybridized carbons (Fsp3) is 0.529. The minimum Gasteiger partial charge on any atom is -0.349 e. The average Bonchev–Trinajstić information content (AvgIpc) is 2.46. The molecule has 0 aliphatic carbocycles. The number of amides is 3. The van der Waals surface area contributed by atoms with Gasteiger partial charge in [-0.1, -0.05) is 17.7 Å². The summed E-state index contributed by atoms with van der Waals surface area (Å²) >= 11 is 5.91. The smallest absolute Gasteiger partial charge is 0.317 e. The second kappa shape index (κ2) is 7.21. The number of nitrogens with one attached hydrogen (secondary N) is 2. The van der Waals surface area contributed by atoms with E-state index in [9.17, 15) is 9.59 Å². The van der Waals surface area contributed by atoms with Gasteiger partial charge in [-0.05, 0) is 51.8 Å². The van der Waals surface area contributed by atoms with Crippen molar-refractivity contribution in [3.63, 3.8) is 0 Å². The van der Waals surface area contributed by atoms with Crippen molar-refractivity contribution in [3.05, 3.63) is 34.9 Å². The number of rotatable bonds is 2. The fourth-order valence-electron chi connectivity index (χ4n) is 2.53. The van der Waals surface area contributed by atoms with Gasteiger partial charge in [0.1, 0.15) is 0 Å². The van der Waals surface area contributed by atoms with E-state index < -0.39 is 0 Å². The largest absolute Gasteiger partial charge is 0.349 e. The molecule has 0 bridgehead atoms. The number of nitrogens with zero attached hydrogens (tertiary/aromatic N) is 1. The summed E-state index contributed by atoms with van der Waals surface area (Å²) in [5.74, 6) is -0.120. The van der Waals surface area contributed by atoms with Crippen molar-refractivity contribution >= 4 is 23.5 Å². The van der Waals surface area contributed by atoms with E-state index in [1.807, 2.05) is 20.8 Å². The first-order chi connectivity index (χ1) is 10.7. The van der Waals surface area contributed by atoms with Gasteiger partial charge in [0.05, 0.1) is 0 Å². The number of likely N-dealkylation sites (tertiary alicyclic amines) is 1. The van der Waals surface area contributed by atoms with Gasteiger partial charge in [-0.15, -0.1) is 0 Å². The predicted molar refractivity (Wildman–Crippen MR) is 91.8 cm³/mol. The highest BCUT2D eigenvalue weighted by molar-refractivity contribution is 6.30. The Morgan fingerprint density at radius 3 is 2.43 bits per heavy atom. The fourth-order valence-corrected chi connectivity index (χ4v) is 2.72. The number of hydrogen-bond acceptors (Lipinski definition) is 2. The number of carbonyl (C=O) groups is 2. The van der Waals surface area contributed by atoms with Gasteiger partial charge in [-0.25, -0.2) is 4.79 Å². The Kier molecular flexibility index (Phi) is 5.52. The first-order valence-corrected chi connectivity index (χ1v) is 8.26. The maximum atomic E-state index is 12.2. The van der Waals surface area contributed by atoms with Crippen molar-refractivity contribution < 1.29 is 9.59 Å². The van der Waals surface area contributed by atoms with Gasteiger partial charge >= 0.3 is 6.03 Å². The van der Waals surface area contributed by atoms with E-state index >= 15 is 0 Å². The highest BCUT2D eigenvalue weighted by Gasteiger charge is 2.26. The van der Waals surface area contributed by atoms with Crippen LogP contribution < -0.4 is 10.6 Å². The number of carbonyl (C=O) groups excluding carboxylic acids is 2. The Morgan fingerprint density at radius 2 is 1.87 bits per heavy atom. The zero-order valence-electron chi connectivity index (χ0n) is 13.9. The summed E-state index contributed by atoms with van der Waals surface area (Å²) in [5, 5.41) is 6.52. The number of piperidine rings is 1. The van der Waals surface area contributed by atoms with Crippen molar-refractivity contribution in [2.75, 3.05) is 13.1 Å². The molecule has 0 radical (unpaired) electrons. The summed E-state index contributed by atoms with van der Waals surface area (Å²) in [7, 11) is 0.